The Balaban J connectivity index is 1.43. The lowest BCUT2D eigenvalue weighted by atomic mass is 10.0. The maximum Gasteiger partial charge on any atom is 0.343 e. The highest BCUT2D eigenvalue weighted by molar-refractivity contribution is 5.93. The van der Waals surface area contributed by atoms with Gasteiger partial charge in [0.2, 0.25) is 0 Å². The number of unbranched alkanes of at least 4 members (excludes halogenated alkanes) is 7. The minimum atomic E-state index is -0.587. The molecule has 0 saturated heterocycles. The molecule has 0 N–H and O–H groups in total. The van der Waals surface area contributed by atoms with Gasteiger partial charge in [0.05, 0.1) is 31.5 Å². The molecule has 8 nitrogen and oxygen atoms in total. The van der Waals surface area contributed by atoms with Gasteiger partial charge in [-0.3, -0.25) is 0 Å². The number of benzene rings is 3. The Morgan fingerprint density at radius 1 is 0.652 bits per heavy atom. The maximum atomic E-state index is 12.8. The molecule has 0 bridgehead atoms. The van der Waals surface area contributed by atoms with E-state index in [0.29, 0.717) is 47.8 Å². The fourth-order valence-corrected chi connectivity index (χ4v) is 4.59. The summed E-state index contributed by atoms with van der Waals surface area (Å²) in [5.74, 6) is 0.128. The predicted molar refractivity (Wildman–Crippen MR) is 178 cm³/mol. The van der Waals surface area contributed by atoms with Crippen LogP contribution in [0.5, 0.6) is 23.0 Å². The molecule has 0 fully saturated rings. The third-order valence-electron chi connectivity index (χ3n) is 7.28. The molecule has 0 spiro atoms. The Bertz CT molecular complexity index is 1410. The highest BCUT2D eigenvalue weighted by atomic mass is 16.5. The number of methoxy groups -OCH3 is 1. The van der Waals surface area contributed by atoms with Gasteiger partial charge in [-0.2, -0.15) is 0 Å². The van der Waals surface area contributed by atoms with Crippen molar-refractivity contribution in [3.05, 3.63) is 95.6 Å². The SMILES string of the molecule is C=C(C)C(=O)OCCCCOc1ccc(C(=O)Oc2ccc(C(=O)Oc3ccc(CCCCCCCCC)cc3)cc2)cc1OC. The monoisotopic (exact) mass is 630 g/mol. The quantitative estimate of drug-likeness (QED) is 0.0529. The Hall–Kier alpha value is -4.59. The van der Waals surface area contributed by atoms with Crippen LogP contribution in [0.3, 0.4) is 0 Å². The van der Waals surface area contributed by atoms with Gasteiger partial charge in [0.25, 0.3) is 0 Å². The summed E-state index contributed by atoms with van der Waals surface area (Å²) in [5, 5.41) is 0. The van der Waals surface area contributed by atoms with Gasteiger partial charge in [-0.05, 0) is 92.8 Å². The molecule has 246 valence electrons. The van der Waals surface area contributed by atoms with Crippen LogP contribution in [0.4, 0.5) is 0 Å². The number of carbonyl (C=O) groups is 3. The van der Waals surface area contributed by atoms with Crippen molar-refractivity contribution in [3.8, 4) is 23.0 Å². The van der Waals surface area contributed by atoms with Crippen molar-refractivity contribution in [2.75, 3.05) is 20.3 Å². The number of hydrogen-bond acceptors (Lipinski definition) is 8. The molecule has 0 atom stereocenters. The highest BCUT2D eigenvalue weighted by Crippen LogP contribution is 2.29. The van der Waals surface area contributed by atoms with Crippen LogP contribution in [0.25, 0.3) is 0 Å². The van der Waals surface area contributed by atoms with Gasteiger partial charge in [-0.15, -0.1) is 0 Å². The molecule has 46 heavy (non-hydrogen) atoms. The number of ether oxygens (including phenoxy) is 5. The molecule has 0 radical (unpaired) electrons. The van der Waals surface area contributed by atoms with Crippen LogP contribution in [-0.2, 0) is 16.0 Å². The molecule has 3 rings (SSSR count). The van der Waals surface area contributed by atoms with Crippen LogP contribution < -0.4 is 18.9 Å². The molecular weight excluding hydrogens is 584 g/mol. The Labute approximate surface area is 272 Å². The second-order valence-corrected chi connectivity index (χ2v) is 11.2. The van der Waals surface area contributed by atoms with E-state index >= 15 is 0 Å². The highest BCUT2D eigenvalue weighted by Gasteiger charge is 2.15. The molecule has 8 heteroatoms. The lowest BCUT2D eigenvalue weighted by molar-refractivity contribution is -0.139. The zero-order chi connectivity index (χ0) is 33.1. The molecule has 0 aliphatic rings. The molecule has 0 amide bonds. The van der Waals surface area contributed by atoms with Crippen LogP contribution in [0, 0.1) is 0 Å². The third kappa shape index (κ3) is 12.4. The van der Waals surface area contributed by atoms with E-state index in [1.54, 1.807) is 43.3 Å². The van der Waals surface area contributed by atoms with E-state index in [0.717, 1.165) is 12.8 Å². The van der Waals surface area contributed by atoms with Crippen molar-refractivity contribution in [3.63, 3.8) is 0 Å². The van der Waals surface area contributed by atoms with Crippen LogP contribution in [0.15, 0.2) is 78.9 Å². The predicted octanol–water partition coefficient (Wildman–Crippen LogP) is 8.71. The van der Waals surface area contributed by atoms with Gasteiger partial charge >= 0.3 is 17.9 Å². The lowest BCUT2D eigenvalue weighted by Gasteiger charge is -2.12. The first-order chi connectivity index (χ1) is 22.3. The average molecular weight is 631 g/mol. The van der Waals surface area contributed by atoms with Crippen molar-refractivity contribution in [1.29, 1.82) is 0 Å². The Kier molecular flexibility index (Phi) is 15.4. The van der Waals surface area contributed by atoms with Crippen molar-refractivity contribution in [1.82, 2.24) is 0 Å². The van der Waals surface area contributed by atoms with Gasteiger partial charge in [0.15, 0.2) is 11.5 Å². The zero-order valence-corrected chi connectivity index (χ0v) is 27.3. The maximum absolute atomic E-state index is 12.8. The first kappa shape index (κ1) is 35.9. The molecule has 0 aliphatic carbocycles. The van der Waals surface area contributed by atoms with E-state index in [1.807, 2.05) is 24.3 Å². The van der Waals surface area contributed by atoms with Gasteiger partial charge in [-0.1, -0.05) is 64.2 Å². The largest absolute Gasteiger partial charge is 0.493 e. The number of rotatable bonds is 20. The van der Waals surface area contributed by atoms with Gasteiger partial charge in [0.1, 0.15) is 11.5 Å². The second kappa shape index (κ2) is 19.7. The summed E-state index contributed by atoms with van der Waals surface area (Å²) >= 11 is 0. The van der Waals surface area contributed by atoms with E-state index in [1.165, 1.54) is 57.3 Å². The van der Waals surface area contributed by atoms with Gasteiger partial charge in [-0.25, -0.2) is 14.4 Å². The summed E-state index contributed by atoms with van der Waals surface area (Å²) in [6, 6.07) is 18.6. The van der Waals surface area contributed by atoms with Crippen LogP contribution in [0.1, 0.15) is 97.9 Å². The van der Waals surface area contributed by atoms with Crippen LogP contribution >= 0.6 is 0 Å². The van der Waals surface area contributed by atoms with Crippen molar-refractivity contribution in [2.45, 2.75) is 78.1 Å². The fraction of sp³-hybridized carbons (Fsp3) is 0.395. The summed E-state index contributed by atoms with van der Waals surface area (Å²) in [7, 11) is 1.48. The standard InChI is InChI=1S/C38H46O8/c1-5-6-7-8-9-10-11-14-29-15-20-32(21-16-29)45-37(40)30-17-22-33(23-18-30)46-38(41)31-19-24-34(35(27-31)42-4)43-25-12-13-26-44-36(39)28(2)3/h15-24,27H,2,5-14,25-26H2,1,3-4H3. The number of aryl methyl sites for hydroxylation is 1. The molecule has 3 aromatic rings. The molecule has 0 heterocycles. The number of hydrogen-bond donors (Lipinski definition) is 0. The van der Waals surface area contributed by atoms with Crippen molar-refractivity contribution in [2.24, 2.45) is 0 Å². The summed E-state index contributed by atoms with van der Waals surface area (Å²) in [4.78, 5) is 36.9. The van der Waals surface area contributed by atoms with Crippen molar-refractivity contribution >= 4 is 17.9 Å². The van der Waals surface area contributed by atoms with Crippen molar-refractivity contribution < 1.29 is 38.1 Å². The first-order valence-electron chi connectivity index (χ1n) is 16.1. The van der Waals surface area contributed by atoms with E-state index in [2.05, 4.69) is 13.5 Å². The lowest BCUT2D eigenvalue weighted by Crippen LogP contribution is -2.11. The third-order valence-corrected chi connectivity index (χ3v) is 7.28. The van der Waals surface area contributed by atoms with E-state index in [4.69, 9.17) is 23.7 Å². The van der Waals surface area contributed by atoms with E-state index < -0.39 is 17.9 Å². The Morgan fingerprint density at radius 3 is 1.85 bits per heavy atom. The zero-order valence-electron chi connectivity index (χ0n) is 27.3. The van der Waals surface area contributed by atoms with E-state index in [9.17, 15) is 14.4 Å². The Morgan fingerprint density at radius 2 is 1.22 bits per heavy atom. The molecule has 0 aromatic heterocycles. The molecule has 0 saturated carbocycles. The second-order valence-electron chi connectivity index (χ2n) is 11.2. The average Bonchev–Trinajstić information content (AvgIpc) is 3.06. The summed E-state index contributed by atoms with van der Waals surface area (Å²) in [5.41, 5.74) is 2.20. The van der Waals surface area contributed by atoms with E-state index in [-0.39, 0.29) is 17.9 Å². The molecular formula is C38H46O8. The minimum Gasteiger partial charge on any atom is -0.493 e. The molecule has 3 aromatic carbocycles. The minimum absolute atomic E-state index is 0.273. The normalized spacial score (nSPS) is 10.6. The fourth-order valence-electron chi connectivity index (χ4n) is 4.59. The van der Waals surface area contributed by atoms with Crippen LogP contribution in [-0.4, -0.2) is 38.2 Å². The first-order valence-corrected chi connectivity index (χ1v) is 16.1. The summed E-state index contributed by atoms with van der Waals surface area (Å²) < 4.78 is 27.3. The number of carbonyl (C=O) groups excluding carboxylic acids is 3. The van der Waals surface area contributed by atoms with Gasteiger partial charge in [0, 0.05) is 5.57 Å². The number of esters is 3. The smallest absolute Gasteiger partial charge is 0.343 e. The molecule has 0 unspecified atom stereocenters. The topological polar surface area (TPSA) is 97.4 Å². The molecule has 0 aliphatic heterocycles. The van der Waals surface area contributed by atoms with Gasteiger partial charge < -0.3 is 23.7 Å². The van der Waals surface area contributed by atoms with Crippen LogP contribution in [0.2, 0.25) is 0 Å². The summed E-state index contributed by atoms with van der Waals surface area (Å²) in [6.07, 6.45) is 11.2. The summed E-state index contributed by atoms with van der Waals surface area (Å²) in [6.45, 7) is 8.04.